The lowest BCUT2D eigenvalue weighted by Gasteiger charge is -2.14. The standard InChI is InChI=1S/C24H27F5N4O3S2/c1-14(38(3)4)12-35-13-33-11-16(24(27,28)29)20-19(5-6-30-22(20)33)36-21-17(25)9-15(10-18(21)26)32-23(37)31-7-8-34-2/h5-6,9-11,14H,7-8,12-13H2,1-4H3,(H-,31,32,37)/p+1/t14-/m0/s1. The molecule has 0 unspecified atom stereocenters. The highest BCUT2D eigenvalue weighted by molar-refractivity contribution is 7.96. The Morgan fingerprint density at radius 3 is 2.50 bits per heavy atom. The number of aromatic nitrogens is 2. The summed E-state index contributed by atoms with van der Waals surface area (Å²) in [5, 5.41) is 5.29. The first-order valence-corrected chi connectivity index (χ1v) is 13.8. The molecule has 38 heavy (non-hydrogen) atoms. The Bertz CT molecular complexity index is 1250. The molecule has 14 heteroatoms. The Balaban J connectivity index is 1.90. The lowest BCUT2D eigenvalue weighted by molar-refractivity contribution is -0.136. The molecule has 7 nitrogen and oxygen atoms in total. The molecule has 2 N–H and O–H groups in total. The molecule has 2 heterocycles. The van der Waals surface area contributed by atoms with Crippen LogP contribution in [0.2, 0.25) is 0 Å². The smallest absolute Gasteiger partial charge is 0.418 e. The van der Waals surface area contributed by atoms with Crippen LogP contribution < -0.4 is 15.4 Å². The molecule has 1 aromatic carbocycles. The van der Waals surface area contributed by atoms with Gasteiger partial charge in [0.15, 0.2) is 22.5 Å². The van der Waals surface area contributed by atoms with Crippen molar-refractivity contribution >= 4 is 44.9 Å². The van der Waals surface area contributed by atoms with Crippen LogP contribution in [0.25, 0.3) is 11.0 Å². The number of anilines is 1. The van der Waals surface area contributed by atoms with Crippen molar-refractivity contribution in [3.63, 3.8) is 0 Å². The number of methoxy groups -OCH3 is 1. The first-order chi connectivity index (χ1) is 17.9. The summed E-state index contributed by atoms with van der Waals surface area (Å²) in [4.78, 5) is 4.05. The van der Waals surface area contributed by atoms with Crippen LogP contribution in [0.4, 0.5) is 27.6 Å². The van der Waals surface area contributed by atoms with Crippen molar-refractivity contribution in [1.29, 1.82) is 0 Å². The minimum Gasteiger partial charge on any atom is -0.450 e. The van der Waals surface area contributed by atoms with E-state index in [0.29, 0.717) is 19.8 Å². The van der Waals surface area contributed by atoms with Gasteiger partial charge in [0.1, 0.15) is 23.4 Å². The van der Waals surface area contributed by atoms with E-state index in [-0.39, 0.29) is 39.3 Å². The van der Waals surface area contributed by atoms with Gasteiger partial charge in [-0.2, -0.15) is 13.2 Å². The van der Waals surface area contributed by atoms with Crippen LogP contribution >= 0.6 is 12.2 Å². The maximum atomic E-state index is 14.8. The summed E-state index contributed by atoms with van der Waals surface area (Å²) in [5.74, 6) is -3.56. The van der Waals surface area contributed by atoms with E-state index in [0.717, 1.165) is 24.4 Å². The molecule has 2 aromatic heterocycles. The molecule has 0 bridgehead atoms. The normalized spacial score (nSPS) is 12.7. The van der Waals surface area contributed by atoms with Gasteiger partial charge in [0.05, 0.1) is 36.7 Å². The summed E-state index contributed by atoms with van der Waals surface area (Å²) in [6.07, 6.45) is 1.35. The van der Waals surface area contributed by atoms with Crippen molar-refractivity contribution in [2.24, 2.45) is 0 Å². The van der Waals surface area contributed by atoms with E-state index >= 15 is 0 Å². The minimum absolute atomic E-state index is 0.0161. The maximum Gasteiger partial charge on any atom is 0.418 e. The van der Waals surface area contributed by atoms with E-state index in [4.69, 9.17) is 26.4 Å². The van der Waals surface area contributed by atoms with E-state index in [1.54, 1.807) is 0 Å². The van der Waals surface area contributed by atoms with E-state index < -0.39 is 40.3 Å². The highest BCUT2D eigenvalue weighted by Crippen LogP contribution is 2.42. The highest BCUT2D eigenvalue weighted by atomic mass is 32.2. The van der Waals surface area contributed by atoms with Crippen LogP contribution in [0.1, 0.15) is 12.5 Å². The predicted molar refractivity (Wildman–Crippen MR) is 142 cm³/mol. The second-order valence-corrected chi connectivity index (χ2v) is 11.4. The molecule has 0 fully saturated rings. The molecule has 0 amide bonds. The Morgan fingerprint density at radius 1 is 1.21 bits per heavy atom. The van der Waals surface area contributed by atoms with Crippen LogP contribution in [-0.4, -0.2) is 59.3 Å². The lowest BCUT2D eigenvalue weighted by atomic mass is 10.2. The largest absolute Gasteiger partial charge is 0.450 e. The zero-order valence-electron chi connectivity index (χ0n) is 21.1. The monoisotopic (exact) mass is 579 g/mol. The molecule has 0 aliphatic carbocycles. The average Bonchev–Trinajstić information content (AvgIpc) is 3.21. The molecule has 0 saturated carbocycles. The van der Waals surface area contributed by atoms with Crippen LogP contribution in [0.3, 0.4) is 0 Å². The third-order valence-corrected chi connectivity index (χ3v) is 7.46. The molecular weight excluding hydrogens is 551 g/mol. The van der Waals surface area contributed by atoms with Gasteiger partial charge in [-0.25, -0.2) is 13.8 Å². The van der Waals surface area contributed by atoms with E-state index in [1.165, 1.54) is 17.9 Å². The van der Waals surface area contributed by atoms with Gasteiger partial charge in [-0.1, -0.05) is 0 Å². The highest BCUT2D eigenvalue weighted by Gasteiger charge is 2.37. The lowest BCUT2D eigenvalue weighted by Crippen LogP contribution is -2.31. The summed E-state index contributed by atoms with van der Waals surface area (Å²) in [7, 11) is 1.57. The quantitative estimate of drug-likeness (QED) is 0.138. The van der Waals surface area contributed by atoms with Crippen LogP contribution in [0, 0.1) is 11.6 Å². The fourth-order valence-electron chi connectivity index (χ4n) is 3.32. The number of alkyl halides is 3. The number of fused-ring (bicyclic) bond motifs is 1. The number of benzene rings is 1. The minimum atomic E-state index is -4.78. The van der Waals surface area contributed by atoms with Crippen molar-refractivity contribution in [1.82, 2.24) is 14.9 Å². The summed E-state index contributed by atoms with van der Waals surface area (Å²) < 4.78 is 88.6. The predicted octanol–water partition coefficient (Wildman–Crippen LogP) is 5.30. The van der Waals surface area contributed by atoms with Gasteiger partial charge in [0, 0.05) is 43.9 Å². The number of pyridine rings is 1. The van der Waals surface area contributed by atoms with Crippen molar-refractivity contribution < 1.29 is 36.2 Å². The maximum absolute atomic E-state index is 14.8. The Hall–Kier alpha value is -2.68. The molecule has 0 aliphatic rings. The number of hydrogen-bond acceptors (Lipinski definition) is 5. The molecular formula is C24H28F5N4O3S2+. The van der Waals surface area contributed by atoms with Gasteiger partial charge in [-0.3, -0.25) is 0 Å². The molecule has 208 valence electrons. The van der Waals surface area contributed by atoms with E-state index in [9.17, 15) is 22.0 Å². The second kappa shape index (κ2) is 12.9. The molecule has 1 atom stereocenters. The number of rotatable bonds is 11. The number of nitrogens with one attached hydrogen (secondary N) is 2. The Morgan fingerprint density at radius 2 is 1.89 bits per heavy atom. The number of halogens is 5. The van der Waals surface area contributed by atoms with E-state index in [2.05, 4.69) is 15.6 Å². The number of ether oxygens (including phenoxy) is 3. The Labute approximate surface area is 225 Å². The van der Waals surface area contributed by atoms with Gasteiger partial charge < -0.3 is 29.4 Å². The topological polar surface area (TPSA) is 69.6 Å². The third-order valence-electron chi connectivity index (χ3n) is 5.47. The molecule has 0 aliphatic heterocycles. The molecule has 0 saturated heterocycles. The van der Waals surface area contributed by atoms with Crippen molar-refractivity contribution in [2.75, 3.05) is 44.7 Å². The van der Waals surface area contributed by atoms with Gasteiger partial charge in [0.2, 0.25) is 0 Å². The molecule has 0 radical (unpaired) electrons. The molecule has 3 rings (SSSR count). The zero-order chi connectivity index (χ0) is 28.0. The van der Waals surface area contributed by atoms with Crippen molar-refractivity contribution in [3.8, 4) is 11.5 Å². The van der Waals surface area contributed by atoms with Crippen LogP contribution in [0.15, 0.2) is 30.6 Å². The Kier molecular flexibility index (Phi) is 10.2. The fourth-order valence-corrected chi connectivity index (χ4v) is 3.91. The zero-order valence-corrected chi connectivity index (χ0v) is 22.8. The number of hydrogen-bond donors (Lipinski definition) is 2. The third kappa shape index (κ3) is 7.46. The summed E-state index contributed by atoms with van der Waals surface area (Å²) in [6.45, 7) is 2.87. The average molecular weight is 580 g/mol. The van der Waals surface area contributed by atoms with Crippen LogP contribution in [-0.2, 0) is 33.3 Å². The van der Waals surface area contributed by atoms with Gasteiger partial charge in [0.25, 0.3) is 0 Å². The van der Waals surface area contributed by atoms with Crippen molar-refractivity contribution in [2.45, 2.75) is 25.1 Å². The van der Waals surface area contributed by atoms with Gasteiger partial charge in [-0.05, 0) is 36.1 Å². The summed E-state index contributed by atoms with van der Waals surface area (Å²) in [6, 6.07) is 2.95. The van der Waals surface area contributed by atoms with Crippen molar-refractivity contribution in [3.05, 3.63) is 47.8 Å². The van der Waals surface area contributed by atoms with E-state index in [1.807, 2.05) is 19.4 Å². The molecule has 0 spiro atoms. The first kappa shape index (κ1) is 29.9. The fraction of sp³-hybridized carbons (Fsp3) is 0.417. The second-order valence-electron chi connectivity index (χ2n) is 8.45. The first-order valence-electron chi connectivity index (χ1n) is 11.3. The number of nitrogens with zero attached hydrogens (tertiary/aromatic N) is 2. The SMILES string of the molecule is COCCNC(=S)Nc1cc(F)c(Oc2ccnc3c2c(C(F)(F)F)cn3COC[C@H](C)[S+](C)C)c(F)c1. The van der Waals surface area contributed by atoms with Gasteiger partial charge in [-0.15, -0.1) is 0 Å². The summed E-state index contributed by atoms with van der Waals surface area (Å²) >= 11 is 5.06. The number of thiocarbonyl (C=S) groups is 1. The van der Waals surface area contributed by atoms with Gasteiger partial charge >= 0.3 is 6.18 Å². The summed E-state index contributed by atoms with van der Waals surface area (Å²) in [5.41, 5.74) is -1.18. The van der Waals surface area contributed by atoms with Crippen LogP contribution in [0.5, 0.6) is 11.5 Å². The molecule has 3 aromatic rings.